The summed E-state index contributed by atoms with van der Waals surface area (Å²) in [5.74, 6) is -1.58. The third-order valence-electron chi connectivity index (χ3n) is 2.82. The van der Waals surface area contributed by atoms with Crippen LogP contribution in [0.1, 0.15) is 16.8 Å². The molecular weight excluding hydrogens is 272 g/mol. The van der Waals surface area contributed by atoms with Crippen LogP contribution in [0.2, 0.25) is 0 Å². The Balaban J connectivity index is 2.44. The fourth-order valence-electron chi connectivity index (χ4n) is 1.96. The van der Waals surface area contributed by atoms with E-state index in [0.29, 0.717) is 12.2 Å². The van der Waals surface area contributed by atoms with Crippen molar-refractivity contribution in [2.24, 2.45) is 0 Å². The lowest BCUT2D eigenvalue weighted by molar-refractivity contribution is -0.385. The molecule has 1 N–H and O–H groups in total. The molecule has 0 aromatic heterocycles. The Bertz CT molecular complexity index is 574. The summed E-state index contributed by atoms with van der Waals surface area (Å²) in [6, 6.07) is 3.61. The van der Waals surface area contributed by atoms with E-state index in [1.54, 1.807) is 0 Å². The van der Waals surface area contributed by atoms with E-state index in [-0.39, 0.29) is 17.6 Å². The summed E-state index contributed by atoms with van der Waals surface area (Å²) in [5, 5.41) is 19.6. The minimum absolute atomic E-state index is 0.115. The molecule has 1 amide bonds. The summed E-state index contributed by atoms with van der Waals surface area (Å²) in [6.07, 6.45) is 0.266. The Labute approximate surface area is 113 Å². The second-order valence-corrected chi connectivity index (χ2v) is 4.86. The number of benzene rings is 1. The second-order valence-electron chi connectivity index (χ2n) is 4.13. The first-order valence-electron chi connectivity index (χ1n) is 5.40. The number of nitro benzene ring substituents is 1. The summed E-state index contributed by atoms with van der Waals surface area (Å²) in [7, 11) is 0. The van der Waals surface area contributed by atoms with Crippen LogP contribution in [-0.4, -0.2) is 33.7 Å². The van der Waals surface area contributed by atoms with Crippen LogP contribution in [0, 0.1) is 10.1 Å². The van der Waals surface area contributed by atoms with Crippen LogP contribution in [0.15, 0.2) is 18.2 Å². The van der Waals surface area contributed by atoms with E-state index in [4.69, 9.17) is 5.11 Å². The van der Waals surface area contributed by atoms with Gasteiger partial charge in [0.1, 0.15) is 5.56 Å². The van der Waals surface area contributed by atoms with E-state index in [1.165, 1.54) is 11.0 Å². The van der Waals surface area contributed by atoms with Crippen molar-refractivity contribution >= 4 is 35.9 Å². The maximum atomic E-state index is 11.7. The van der Waals surface area contributed by atoms with E-state index in [1.807, 2.05) is 0 Å². The van der Waals surface area contributed by atoms with Gasteiger partial charge in [-0.1, -0.05) is 0 Å². The van der Waals surface area contributed by atoms with Gasteiger partial charge in [-0.25, -0.2) is 4.79 Å². The maximum absolute atomic E-state index is 11.7. The van der Waals surface area contributed by atoms with Gasteiger partial charge in [-0.05, 0) is 12.1 Å². The van der Waals surface area contributed by atoms with Crippen molar-refractivity contribution in [2.75, 3.05) is 11.4 Å². The number of hydrogen-bond donors (Lipinski definition) is 2. The number of hydrogen-bond acceptors (Lipinski definition) is 5. The molecule has 1 heterocycles. The first kappa shape index (κ1) is 13.3. The number of anilines is 1. The maximum Gasteiger partial charge on any atom is 0.342 e. The summed E-state index contributed by atoms with van der Waals surface area (Å²) in [4.78, 5) is 34.0. The zero-order valence-electron chi connectivity index (χ0n) is 9.65. The zero-order valence-corrected chi connectivity index (χ0v) is 10.5. The van der Waals surface area contributed by atoms with Crippen molar-refractivity contribution in [3.8, 4) is 0 Å². The monoisotopic (exact) mass is 282 g/mol. The standard InChI is InChI=1S/C11H10N2O5S/c14-10-4-7(19)5-12(10)6-1-2-9(13(17)18)8(3-6)11(15)16/h1-3,7,19H,4-5H2,(H,15,16). The van der Waals surface area contributed by atoms with Crippen LogP contribution in [0.4, 0.5) is 11.4 Å². The van der Waals surface area contributed by atoms with Gasteiger partial charge in [0.25, 0.3) is 5.69 Å². The first-order chi connectivity index (χ1) is 8.90. The number of carboxylic acids is 1. The van der Waals surface area contributed by atoms with Crippen molar-refractivity contribution in [2.45, 2.75) is 11.7 Å². The Morgan fingerprint density at radius 1 is 1.53 bits per heavy atom. The smallest absolute Gasteiger partial charge is 0.342 e. The van der Waals surface area contributed by atoms with E-state index in [9.17, 15) is 19.7 Å². The van der Waals surface area contributed by atoms with E-state index >= 15 is 0 Å². The number of thiol groups is 1. The zero-order chi connectivity index (χ0) is 14.2. The second kappa shape index (κ2) is 4.88. The molecular formula is C11H10N2O5S. The number of nitrogens with zero attached hydrogens (tertiary/aromatic N) is 2. The molecule has 0 bridgehead atoms. The minimum atomic E-state index is -1.40. The number of carbonyl (C=O) groups is 2. The molecule has 1 aliphatic rings. The summed E-state index contributed by atoms with van der Waals surface area (Å²) in [5.41, 5.74) is -0.590. The average Bonchev–Trinajstić information content (AvgIpc) is 2.67. The Morgan fingerprint density at radius 3 is 2.68 bits per heavy atom. The molecule has 1 atom stereocenters. The number of nitro groups is 1. The highest BCUT2D eigenvalue weighted by Crippen LogP contribution is 2.29. The van der Waals surface area contributed by atoms with Gasteiger partial charge in [0.2, 0.25) is 5.91 Å². The van der Waals surface area contributed by atoms with Crippen LogP contribution in [-0.2, 0) is 4.79 Å². The SMILES string of the molecule is O=C(O)c1cc(N2CC(S)CC2=O)ccc1[N+](=O)[O-]. The number of carbonyl (C=O) groups excluding carboxylic acids is 1. The molecule has 2 rings (SSSR count). The van der Waals surface area contributed by atoms with Crippen LogP contribution in [0.3, 0.4) is 0 Å². The number of carboxylic acid groups (broad SMARTS) is 1. The van der Waals surface area contributed by atoms with Gasteiger partial charge in [0.15, 0.2) is 0 Å². The van der Waals surface area contributed by atoms with Gasteiger partial charge in [-0.15, -0.1) is 0 Å². The fraction of sp³-hybridized carbons (Fsp3) is 0.273. The predicted octanol–water partition coefficient (Wildman–Crippen LogP) is 1.33. The molecule has 0 aliphatic carbocycles. The van der Waals surface area contributed by atoms with Gasteiger partial charge >= 0.3 is 5.97 Å². The molecule has 1 fully saturated rings. The highest BCUT2D eigenvalue weighted by atomic mass is 32.1. The molecule has 19 heavy (non-hydrogen) atoms. The number of rotatable bonds is 3. The van der Waals surface area contributed by atoms with E-state index < -0.39 is 22.1 Å². The van der Waals surface area contributed by atoms with Gasteiger partial charge in [0.05, 0.1) is 4.92 Å². The van der Waals surface area contributed by atoms with Gasteiger partial charge in [0, 0.05) is 30.0 Å². The lowest BCUT2D eigenvalue weighted by Crippen LogP contribution is -2.25. The molecule has 0 spiro atoms. The normalized spacial score (nSPS) is 18.7. The van der Waals surface area contributed by atoms with Crippen LogP contribution in [0.25, 0.3) is 0 Å². The molecule has 1 aromatic rings. The Kier molecular flexibility index (Phi) is 3.43. The molecule has 1 unspecified atom stereocenters. The van der Waals surface area contributed by atoms with E-state index in [2.05, 4.69) is 12.6 Å². The van der Waals surface area contributed by atoms with Crippen LogP contribution < -0.4 is 4.90 Å². The van der Waals surface area contributed by atoms with Crippen molar-refractivity contribution in [3.05, 3.63) is 33.9 Å². The lowest BCUT2D eigenvalue weighted by atomic mass is 10.1. The Hall–Kier alpha value is -2.09. The molecule has 7 nitrogen and oxygen atoms in total. The number of amides is 1. The molecule has 8 heteroatoms. The van der Waals surface area contributed by atoms with Crippen molar-refractivity contribution in [3.63, 3.8) is 0 Å². The minimum Gasteiger partial charge on any atom is -0.477 e. The lowest BCUT2D eigenvalue weighted by Gasteiger charge is -2.16. The van der Waals surface area contributed by atoms with Gasteiger partial charge in [-0.2, -0.15) is 12.6 Å². The van der Waals surface area contributed by atoms with Crippen molar-refractivity contribution < 1.29 is 19.6 Å². The predicted molar refractivity (Wildman–Crippen MR) is 69.8 cm³/mol. The summed E-state index contributed by atoms with van der Waals surface area (Å²) >= 11 is 4.19. The van der Waals surface area contributed by atoms with Gasteiger partial charge < -0.3 is 10.0 Å². The molecule has 1 aliphatic heterocycles. The summed E-state index contributed by atoms with van der Waals surface area (Å²) in [6.45, 7) is 0.360. The van der Waals surface area contributed by atoms with Crippen molar-refractivity contribution in [1.82, 2.24) is 0 Å². The highest BCUT2D eigenvalue weighted by molar-refractivity contribution is 7.81. The fourth-order valence-corrected chi connectivity index (χ4v) is 2.28. The average molecular weight is 282 g/mol. The van der Waals surface area contributed by atoms with E-state index in [0.717, 1.165) is 12.1 Å². The first-order valence-corrected chi connectivity index (χ1v) is 5.92. The molecule has 1 aromatic carbocycles. The third-order valence-corrected chi connectivity index (χ3v) is 3.17. The third kappa shape index (κ3) is 2.53. The highest BCUT2D eigenvalue weighted by Gasteiger charge is 2.30. The van der Waals surface area contributed by atoms with Crippen molar-refractivity contribution in [1.29, 1.82) is 0 Å². The van der Waals surface area contributed by atoms with Crippen LogP contribution >= 0.6 is 12.6 Å². The van der Waals surface area contributed by atoms with Crippen LogP contribution in [0.5, 0.6) is 0 Å². The molecule has 0 radical (unpaired) electrons. The van der Waals surface area contributed by atoms with Gasteiger partial charge in [-0.3, -0.25) is 14.9 Å². The largest absolute Gasteiger partial charge is 0.477 e. The molecule has 1 saturated heterocycles. The quantitative estimate of drug-likeness (QED) is 0.495. The molecule has 0 saturated carbocycles. The molecule has 100 valence electrons. The number of aromatic carboxylic acids is 1. The topological polar surface area (TPSA) is 101 Å². The Morgan fingerprint density at radius 2 is 2.21 bits per heavy atom. The summed E-state index contributed by atoms with van der Waals surface area (Å²) < 4.78 is 0.